The highest BCUT2D eigenvalue weighted by Crippen LogP contribution is 2.32. The topological polar surface area (TPSA) is 30.5 Å². The minimum absolute atomic E-state index is 0.245. The van der Waals surface area contributed by atoms with Crippen LogP contribution in [0.25, 0.3) is 0 Å². The first-order valence-corrected chi connectivity index (χ1v) is 8.53. The van der Waals surface area contributed by atoms with Crippen LogP contribution in [0, 0.1) is 0 Å². The van der Waals surface area contributed by atoms with E-state index in [1.165, 1.54) is 16.7 Å². The van der Waals surface area contributed by atoms with E-state index >= 15 is 0 Å². The number of rotatable bonds is 6. The molecule has 3 heteroatoms. The van der Waals surface area contributed by atoms with E-state index in [1.807, 2.05) is 6.92 Å². The minimum atomic E-state index is 0.245. The Bertz CT molecular complexity index is 637. The fraction of sp³-hybridized carbons (Fsp3) is 0.400. The molecule has 0 saturated heterocycles. The molecule has 0 aliphatic carbocycles. The van der Waals surface area contributed by atoms with Crippen LogP contribution < -0.4 is 14.8 Å². The quantitative estimate of drug-likeness (QED) is 0.871. The van der Waals surface area contributed by atoms with Crippen LogP contribution in [-0.4, -0.2) is 19.8 Å². The highest BCUT2D eigenvalue weighted by atomic mass is 16.5. The monoisotopic (exact) mass is 311 g/mol. The lowest BCUT2D eigenvalue weighted by Gasteiger charge is -2.28. The van der Waals surface area contributed by atoms with Crippen molar-refractivity contribution in [2.75, 3.05) is 19.8 Å². The standard InChI is InChI=1S/C20H25NO2/c1-3-13-23-17-7-5-15(6-8-17)20-19-10-9-18(22-4-2)14-16(19)11-12-21-20/h5-10,14,20-21H,3-4,11-13H2,1-2H3. The lowest BCUT2D eigenvalue weighted by Crippen LogP contribution is -2.30. The average Bonchev–Trinajstić information content (AvgIpc) is 2.60. The number of fused-ring (bicyclic) bond motifs is 1. The molecule has 0 saturated carbocycles. The second-order valence-electron chi connectivity index (χ2n) is 5.85. The van der Waals surface area contributed by atoms with Crippen molar-refractivity contribution in [3.63, 3.8) is 0 Å². The summed E-state index contributed by atoms with van der Waals surface area (Å²) in [7, 11) is 0. The maximum absolute atomic E-state index is 5.67. The van der Waals surface area contributed by atoms with Crippen LogP contribution in [0.4, 0.5) is 0 Å². The molecular formula is C20H25NO2. The number of hydrogen-bond acceptors (Lipinski definition) is 3. The summed E-state index contributed by atoms with van der Waals surface area (Å²) in [6.07, 6.45) is 2.08. The SMILES string of the molecule is CCCOc1ccc(C2NCCc3cc(OCC)ccc32)cc1. The zero-order valence-corrected chi connectivity index (χ0v) is 14.0. The summed E-state index contributed by atoms with van der Waals surface area (Å²) in [5.74, 6) is 1.91. The molecule has 1 N–H and O–H groups in total. The van der Waals surface area contributed by atoms with Crippen molar-refractivity contribution in [2.24, 2.45) is 0 Å². The van der Waals surface area contributed by atoms with Crippen molar-refractivity contribution >= 4 is 0 Å². The molecule has 0 aromatic heterocycles. The smallest absolute Gasteiger partial charge is 0.119 e. The summed E-state index contributed by atoms with van der Waals surface area (Å²) in [5.41, 5.74) is 4.01. The van der Waals surface area contributed by atoms with E-state index in [0.29, 0.717) is 6.61 Å². The van der Waals surface area contributed by atoms with E-state index in [9.17, 15) is 0 Å². The van der Waals surface area contributed by atoms with E-state index in [0.717, 1.165) is 37.5 Å². The number of ether oxygens (including phenoxy) is 2. The van der Waals surface area contributed by atoms with E-state index < -0.39 is 0 Å². The first-order chi connectivity index (χ1) is 11.3. The van der Waals surface area contributed by atoms with E-state index in [1.54, 1.807) is 0 Å². The van der Waals surface area contributed by atoms with E-state index in [-0.39, 0.29) is 6.04 Å². The Morgan fingerprint density at radius 3 is 2.52 bits per heavy atom. The molecule has 3 nitrogen and oxygen atoms in total. The predicted molar refractivity (Wildman–Crippen MR) is 93.4 cm³/mol. The normalized spacial score (nSPS) is 16.7. The average molecular weight is 311 g/mol. The van der Waals surface area contributed by atoms with E-state index in [4.69, 9.17) is 9.47 Å². The third kappa shape index (κ3) is 3.67. The van der Waals surface area contributed by atoms with Crippen molar-refractivity contribution in [3.8, 4) is 11.5 Å². The van der Waals surface area contributed by atoms with Gasteiger partial charge in [0.15, 0.2) is 0 Å². The molecule has 2 aromatic rings. The lowest BCUT2D eigenvalue weighted by molar-refractivity contribution is 0.317. The highest BCUT2D eigenvalue weighted by Gasteiger charge is 2.21. The maximum Gasteiger partial charge on any atom is 0.119 e. The maximum atomic E-state index is 5.67. The van der Waals surface area contributed by atoms with Gasteiger partial charge in [0.05, 0.1) is 19.3 Å². The Balaban J connectivity index is 1.82. The first kappa shape index (κ1) is 15.9. The van der Waals surface area contributed by atoms with Gasteiger partial charge in [0.1, 0.15) is 11.5 Å². The summed E-state index contributed by atoms with van der Waals surface area (Å²) >= 11 is 0. The molecule has 0 fully saturated rings. The molecule has 0 radical (unpaired) electrons. The molecule has 0 spiro atoms. The molecule has 3 rings (SSSR count). The molecule has 1 aliphatic rings. The molecular weight excluding hydrogens is 286 g/mol. The third-order valence-electron chi connectivity index (χ3n) is 4.17. The molecule has 2 aromatic carbocycles. The fourth-order valence-corrected chi connectivity index (χ4v) is 3.07. The highest BCUT2D eigenvalue weighted by molar-refractivity contribution is 5.44. The number of hydrogen-bond donors (Lipinski definition) is 1. The van der Waals surface area contributed by atoms with Gasteiger partial charge >= 0.3 is 0 Å². The van der Waals surface area contributed by atoms with Crippen LogP contribution in [0.3, 0.4) is 0 Å². The van der Waals surface area contributed by atoms with Gasteiger partial charge in [0.25, 0.3) is 0 Å². The summed E-state index contributed by atoms with van der Waals surface area (Å²) in [5, 5.41) is 3.62. The molecule has 0 amide bonds. The third-order valence-corrected chi connectivity index (χ3v) is 4.17. The van der Waals surface area contributed by atoms with E-state index in [2.05, 4.69) is 54.7 Å². The minimum Gasteiger partial charge on any atom is -0.494 e. The molecule has 1 aliphatic heterocycles. The van der Waals surface area contributed by atoms with Gasteiger partial charge in [-0.1, -0.05) is 25.1 Å². The Hall–Kier alpha value is -2.00. The number of nitrogens with one attached hydrogen (secondary N) is 1. The molecule has 1 unspecified atom stereocenters. The van der Waals surface area contributed by atoms with Gasteiger partial charge in [-0.2, -0.15) is 0 Å². The van der Waals surface area contributed by atoms with Gasteiger partial charge in [-0.25, -0.2) is 0 Å². The Morgan fingerprint density at radius 1 is 1.00 bits per heavy atom. The predicted octanol–water partition coefficient (Wildman–Crippen LogP) is 4.11. The van der Waals surface area contributed by atoms with Crippen LogP contribution in [0.15, 0.2) is 42.5 Å². The van der Waals surface area contributed by atoms with Gasteiger partial charge in [-0.15, -0.1) is 0 Å². The summed E-state index contributed by atoms with van der Waals surface area (Å²) in [6.45, 7) is 6.60. The zero-order chi connectivity index (χ0) is 16.1. The Morgan fingerprint density at radius 2 is 1.78 bits per heavy atom. The zero-order valence-electron chi connectivity index (χ0n) is 14.0. The number of benzene rings is 2. The van der Waals surface area contributed by atoms with Crippen molar-refractivity contribution in [2.45, 2.75) is 32.7 Å². The lowest BCUT2D eigenvalue weighted by atomic mass is 9.90. The summed E-state index contributed by atoms with van der Waals surface area (Å²) in [6, 6.07) is 15.1. The summed E-state index contributed by atoms with van der Waals surface area (Å²) < 4.78 is 11.3. The van der Waals surface area contributed by atoms with Crippen LogP contribution in [0.5, 0.6) is 11.5 Å². The fourth-order valence-electron chi connectivity index (χ4n) is 3.07. The molecule has 0 bridgehead atoms. The second-order valence-corrected chi connectivity index (χ2v) is 5.85. The first-order valence-electron chi connectivity index (χ1n) is 8.53. The Labute approximate surface area is 138 Å². The van der Waals surface area contributed by atoms with Crippen molar-refractivity contribution < 1.29 is 9.47 Å². The van der Waals surface area contributed by atoms with Gasteiger partial charge in [-0.3, -0.25) is 0 Å². The molecule has 1 atom stereocenters. The van der Waals surface area contributed by atoms with Crippen LogP contribution in [0.1, 0.15) is 43.0 Å². The largest absolute Gasteiger partial charge is 0.494 e. The van der Waals surface area contributed by atoms with Gasteiger partial charge in [-0.05, 0) is 60.7 Å². The van der Waals surface area contributed by atoms with Gasteiger partial charge in [0, 0.05) is 6.54 Å². The molecule has 23 heavy (non-hydrogen) atoms. The van der Waals surface area contributed by atoms with Crippen molar-refractivity contribution in [3.05, 3.63) is 59.2 Å². The summed E-state index contributed by atoms with van der Waals surface area (Å²) in [4.78, 5) is 0. The van der Waals surface area contributed by atoms with Crippen LogP contribution in [-0.2, 0) is 6.42 Å². The molecule has 122 valence electrons. The second kappa shape index (κ2) is 7.51. The Kier molecular flexibility index (Phi) is 5.19. The van der Waals surface area contributed by atoms with Crippen LogP contribution >= 0.6 is 0 Å². The van der Waals surface area contributed by atoms with Gasteiger partial charge < -0.3 is 14.8 Å². The van der Waals surface area contributed by atoms with Crippen molar-refractivity contribution in [1.29, 1.82) is 0 Å². The molecule has 1 heterocycles. The van der Waals surface area contributed by atoms with Gasteiger partial charge in [0.2, 0.25) is 0 Å². The van der Waals surface area contributed by atoms with Crippen LogP contribution in [0.2, 0.25) is 0 Å². The van der Waals surface area contributed by atoms with Crippen molar-refractivity contribution in [1.82, 2.24) is 5.32 Å².